The number of carbonyl (C=O) groups is 2. The van der Waals surface area contributed by atoms with Gasteiger partial charge in [-0.05, 0) is 25.7 Å². The first-order valence-electron chi connectivity index (χ1n) is 6.02. The van der Waals surface area contributed by atoms with Crippen molar-refractivity contribution in [1.29, 1.82) is 0 Å². The van der Waals surface area contributed by atoms with Crippen LogP contribution in [0.15, 0.2) is 0 Å². The normalized spacial score (nSPS) is 20.0. The van der Waals surface area contributed by atoms with E-state index in [2.05, 4.69) is 0 Å². The summed E-state index contributed by atoms with van der Waals surface area (Å²) in [5.74, 6) is -1.58. The van der Waals surface area contributed by atoms with Crippen molar-refractivity contribution in [2.75, 3.05) is 0 Å². The first-order chi connectivity index (χ1) is 7.57. The monoisotopic (exact) mass is 228 g/mol. The van der Waals surface area contributed by atoms with Gasteiger partial charge in [-0.1, -0.05) is 25.7 Å². The SMILES string of the molecule is O=C(O)CCCC1(C(=O)O)CCCCCC1. The van der Waals surface area contributed by atoms with E-state index < -0.39 is 17.4 Å². The molecule has 1 saturated carbocycles. The molecule has 4 nitrogen and oxygen atoms in total. The number of hydrogen-bond acceptors (Lipinski definition) is 2. The summed E-state index contributed by atoms with van der Waals surface area (Å²) in [5, 5.41) is 17.9. The van der Waals surface area contributed by atoms with E-state index in [1.54, 1.807) is 0 Å². The molecule has 0 aromatic rings. The molecule has 0 atom stereocenters. The average Bonchev–Trinajstić information content (AvgIpc) is 2.43. The summed E-state index contributed by atoms with van der Waals surface area (Å²) in [6.07, 6.45) is 6.61. The van der Waals surface area contributed by atoms with E-state index in [1.165, 1.54) is 0 Å². The Hall–Kier alpha value is -1.06. The highest BCUT2D eigenvalue weighted by atomic mass is 16.4. The van der Waals surface area contributed by atoms with Gasteiger partial charge < -0.3 is 10.2 Å². The first kappa shape index (κ1) is 13.0. The smallest absolute Gasteiger partial charge is 0.309 e. The van der Waals surface area contributed by atoms with E-state index in [0.717, 1.165) is 25.7 Å². The Kier molecular flexibility index (Phi) is 4.77. The second-order valence-electron chi connectivity index (χ2n) is 4.75. The molecule has 0 spiro atoms. The van der Waals surface area contributed by atoms with Crippen molar-refractivity contribution in [2.24, 2.45) is 5.41 Å². The van der Waals surface area contributed by atoms with Crippen molar-refractivity contribution in [1.82, 2.24) is 0 Å². The van der Waals surface area contributed by atoms with E-state index in [4.69, 9.17) is 5.11 Å². The molecule has 1 fully saturated rings. The summed E-state index contributed by atoms with van der Waals surface area (Å²) in [7, 11) is 0. The summed E-state index contributed by atoms with van der Waals surface area (Å²) < 4.78 is 0. The second-order valence-corrected chi connectivity index (χ2v) is 4.75. The molecule has 92 valence electrons. The van der Waals surface area contributed by atoms with Gasteiger partial charge in [-0.15, -0.1) is 0 Å². The molecule has 1 rings (SSSR count). The molecule has 0 amide bonds. The third-order valence-electron chi connectivity index (χ3n) is 3.56. The molecule has 16 heavy (non-hydrogen) atoms. The van der Waals surface area contributed by atoms with Gasteiger partial charge >= 0.3 is 11.9 Å². The van der Waals surface area contributed by atoms with Crippen LogP contribution in [-0.2, 0) is 9.59 Å². The zero-order chi connectivity index (χ0) is 12.0. The fourth-order valence-electron chi connectivity index (χ4n) is 2.55. The predicted octanol–water partition coefficient (Wildman–Crippen LogP) is 2.67. The van der Waals surface area contributed by atoms with Gasteiger partial charge in [-0.25, -0.2) is 0 Å². The fourth-order valence-corrected chi connectivity index (χ4v) is 2.55. The maximum Gasteiger partial charge on any atom is 0.309 e. The Morgan fingerprint density at radius 3 is 2.00 bits per heavy atom. The van der Waals surface area contributed by atoms with Crippen LogP contribution in [0.1, 0.15) is 57.8 Å². The van der Waals surface area contributed by atoms with Gasteiger partial charge in [0.15, 0.2) is 0 Å². The maximum atomic E-state index is 11.4. The largest absolute Gasteiger partial charge is 0.481 e. The van der Waals surface area contributed by atoms with Crippen LogP contribution in [0.4, 0.5) is 0 Å². The highest BCUT2D eigenvalue weighted by molar-refractivity contribution is 5.74. The Morgan fingerprint density at radius 2 is 1.56 bits per heavy atom. The van der Waals surface area contributed by atoms with Gasteiger partial charge in [0.25, 0.3) is 0 Å². The Bertz CT molecular complexity index is 252. The average molecular weight is 228 g/mol. The van der Waals surface area contributed by atoms with Crippen LogP contribution in [0, 0.1) is 5.41 Å². The van der Waals surface area contributed by atoms with Crippen molar-refractivity contribution < 1.29 is 19.8 Å². The molecule has 2 N–H and O–H groups in total. The lowest BCUT2D eigenvalue weighted by Crippen LogP contribution is -2.30. The molecule has 0 saturated heterocycles. The lowest BCUT2D eigenvalue weighted by molar-refractivity contribution is -0.151. The Morgan fingerprint density at radius 1 is 1.00 bits per heavy atom. The maximum absolute atomic E-state index is 11.4. The summed E-state index contributed by atoms with van der Waals surface area (Å²) in [4.78, 5) is 21.8. The van der Waals surface area contributed by atoms with E-state index in [0.29, 0.717) is 25.7 Å². The zero-order valence-corrected chi connectivity index (χ0v) is 9.57. The number of rotatable bonds is 5. The number of hydrogen-bond donors (Lipinski definition) is 2. The molecular weight excluding hydrogens is 208 g/mol. The van der Waals surface area contributed by atoms with Crippen molar-refractivity contribution in [2.45, 2.75) is 57.8 Å². The standard InChI is InChI=1S/C12H20O4/c13-10(14)6-5-9-12(11(15)16)7-3-1-2-4-8-12/h1-9H2,(H,13,14)(H,15,16). The van der Waals surface area contributed by atoms with Crippen LogP contribution in [0.2, 0.25) is 0 Å². The molecule has 0 heterocycles. The topological polar surface area (TPSA) is 74.6 Å². The van der Waals surface area contributed by atoms with E-state index in [1.807, 2.05) is 0 Å². The molecule has 0 aromatic heterocycles. The van der Waals surface area contributed by atoms with Crippen molar-refractivity contribution >= 4 is 11.9 Å². The van der Waals surface area contributed by atoms with Gasteiger partial charge in [0.05, 0.1) is 5.41 Å². The number of carboxylic acids is 2. The summed E-state index contributed by atoms with van der Waals surface area (Å²) in [6, 6.07) is 0. The van der Waals surface area contributed by atoms with Crippen LogP contribution in [-0.4, -0.2) is 22.2 Å². The molecule has 0 radical (unpaired) electrons. The van der Waals surface area contributed by atoms with Crippen LogP contribution in [0.3, 0.4) is 0 Å². The van der Waals surface area contributed by atoms with Crippen molar-refractivity contribution in [3.63, 3.8) is 0 Å². The third-order valence-corrected chi connectivity index (χ3v) is 3.56. The van der Waals surface area contributed by atoms with E-state index in [-0.39, 0.29) is 6.42 Å². The summed E-state index contributed by atoms with van der Waals surface area (Å²) in [6.45, 7) is 0. The van der Waals surface area contributed by atoms with Gasteiger partial charge in [-0.2, -0.15) is 0 Å². The molecule has 1 aliphatic carbocycles. The second kappa shape index (κ2) is 5.87. The fraction of sp³-hybridized carbons (Fsp3) is 0.833. The van der Waals surface area contributed by atoms with Crippen LogP contribution < -0.4 is 0 Å². The molecule has 0 aromatic carbocycles. The lowest BCUT2D eigenvalue weighted by Gasteiger charge is -2.27. The van der Waals surface area contributed by atoms with Crippen molar-refractivity contribution in [3.8, 4) is 0 Å². The molecule has 0 unspecified atom stereocenters. The minimum atomic E-state index is -0.839. The number of carboxylic acid groups (broad SMARTS) is 2. The van der Waals surface area contributed by atoms with Crippen LogP contribution in [0.5, 0.6) is 0 Å². The Balaban J connectivity index is 2.56. The predicted molar refractivity (Wildman–Crippen MR) is 59.3 cm³/mol. The summed E-state index contributed by atoms with van der Waals surface area (Å²) in [5.41, 5.74) is -0.647. The van der Waals surface area contributed by atoms with Gasteiger partial charge in [0, 0.05) is 6.42 Å². The van der Waals surface area contributed by atoms with E-state index >= 15 is 0 Å². The lowest BCUT2D eigenvalue weighted by atomic mass is 9.76. The minimum Gasteiger partial charge on any atom is -0.481 e. The first-order valence-corrected chi connectivity index (χ1v) is 6.02. The van der Waals surface area contributed by atoms with Crippen LogP contribution >= 0.6 is 0 Å². The minimum absolute atomic E-state index is 0.0784. The highest BCUT2D eigenvalue weighted by Crippen LogP contribution is 2.39. The third kappa shape index (κ3) is 3.51. The van der Waals surface area contributed by atoms with Gasteiger partial charge in [0.1, 0.15) is 0 Å². The van der Waals surface area contributed by atoms with Gasteiger partial charge in [0.2, 0.25) is 0 Å². The number of aliphatic carboxylic acids is 2. The molecule has 1 aliphatic rings. The summed E-state index contributed by atoms with van der Waals surface area (Å²) >= 11 is 0. The molecule has 0 aliphatic heterocycles. The van der Waals surface area contributed by atoms with Crippen LogP contribution in [0.25, 0.3) is 0 Å². The Labute approximate surface area is 95.7 Å². The van der Waals surface area contributed by atoms with E-state index in [9.17, 15) is 14.7 Å². The highest BCUT2D eigenvalue weighted by Gasteiger charge is 2.37. The zero-order valence-electron chi connectivity index (χ0n) is 9.57. The quantitative estimate of drug-likeness (QED) is 0.709. The van der Waals surface area contributed by atoms with Gasteiger partial charge in [-0.3, -0.25) is 9.59 Å². The molecule has 4 heteroatoms. The molecular formula is C12H20O4. The molecule has 0 bridgehead atoms. The van der Waals surface area contributed by atoms with Crippen molar-refractivity contribution in [3.05, 3.63) is 0 Å².